The van der Waals surface area contributed by atoms with Crippen LogP contribution < -0.4 is 4.90 Å². The van der Waals surface area contributed by atoms with Crippen molar-refractivity contribution in [2.75, 3.05) is 4.90 Å². The Kier molecular flexibility index (Phi) is 7.93. The number of rotatable bonds is 5. The molecule has 0 aliphatic heterocycles. The first kappa shape index (κ1) is 36.1. The van der Waals surface area contributed by atoms with Crippen LogP contribution in [0.25, 0.3) is 85.5 Å². The van der Waals surface area contributed by atoms with Crippen molar-refractivity contribution >= 4 is 91.7 Å². The van der Waals surface area contributed by atoms with E-state index < -0.39 is 0 Å². The Morgan fingerprint density at radius 2 is 0.918 bits per heavy atom. The van der Waals surface area contributed by atoms with E-state index in [2.05, 4.69) is 221 Å². The molecule has 1 aliphatic carbocycles. The van der Waals surface area contributed by atoms with Crippen LogP contribution in [0.1, 0.15) is 45.2 Å². The van der Waals surface area contributed by atoms with Gasteiger partial charge in [0, 0.05) is 36.8 Å². The van der Waals surface area contributed by atoms with Gasteiger partial charge in [0.1, 0.15) is 0 Å². The number of nitrogens with zero attached hydrogens (tertiary/aromatic N) is 1. The summed E-state index contributed by atoms with van der Waals surface area (Å²) in [6.07, 6.45) is 1.18. The monoisotopic (exact) mass is 799 g/mol. The molecule has 61 heavy (non-hydrogen) atoms. The molecule has 1 nitrogen and oxygen atoms in total. The van der Waals surface area contributed by atoms with Gasteiger partial charge in [-0.3, -0.25) is 0 Å². The fourth-order valence-corrected chi connectivity index (χ4v) is 12.2. The summed E-state index contributed by atoms with van der Waals surface area (Å²) in [7, 11) is 0. The van der Waals surface area contributed by atoms with Crippen molar-refractivity contribution in [1.82, 2.24) is 0 Å². The van der Waals surface area contributed by atoms with E-state index in [0.717, 1.165) is 17.1 Å². The lowest BCUT2D eigenvalue weighted by molar-refractivity contribution is 0.403. The first-order valence-electron chi connectivity index (χ1n) is 21.5. The van der Waals surface area contributed by atoms with Gasteiger partial charge < -0.3 is 4.90 Å². The summed E-state index contributed by atoms with van der Waals surface area (Å²) in [6, 6.07) is 70.4. The summed E-state index contributed by atoms with van der Waals surface area (Å²) < 4.78 is 2.71. The molecule has 0 amide bonds. The zero-order chi connectivity index (χ0) is 41.0. The SMILES string of the molecule is CC1(C)CC(C)(C)c2cc3c(cc21)sc1cc(-c2ccccc2N(c2cccc(-c4ccc5c6ccccc6c6ccccc6c5c4)c2)c2cccc4ccccc24)ccc13. The normalized spacial score (nSPS) is 14.4. The molecule has 0 saturated carbocycles. The Hall–Kier alpha value is -6.74. The summed E-state index contributed by atoms with van der Waals surface area (Å²) in [5.41, 5.74) is 11.6. The molecule has 0 fully saturated rings. The van der Waals surface area contributed by atoms with E-state index in [1.54, 1.807) is 0 Å². The molecule has 0 unspecified atom stereocenters. The zero-order valence-electron chi connectivity index (χ0n) is 35.0. The average molecular weight is 800 g/mol. The zero-order valence-corrected chi connectivity index (χ0v) is 35.8. The smallest absolute Gasteiger partial charge is 0.0540 e. The van der Waals surface area contributed by atoms with Gasteiger partial charge in [-0.2, -0.15) is 0 Å². The summed E-state index contributed by atoms with van der Waals surface area (Å²) in [5.74, 6) is 0. The van der Waals surface area contributed by atoms with E-state index in [1.807, 2.05) is 11.3 Å². The molecular formula is C59H45NS. The fraction of sp³-hybridized carbons (Fsp3) is 0.119. The van der Waals surface area contributed by atoms with Crippen LogP contribution in [0.3, 0.4) is 0 Å². The number of anilines is 3. The third-order valence-electron chi connectivity index (χ3n) is 13.6. The van der Waals surface area contributed by atoms with Crippen molar-refractivity contribution in [2.45, 2.75) is 44.9 Å². The highest BCUT2D eigenvalue weighted by molar-refractivity contribution is 7.25. The molecule has 1 aliphatic rings. The highest BCUT2D eigenvalue weighted by Gasteiger charge is 2.42. The Balaban J connectivity index is 1.03. The van der Waals surface area contributed by atoms with Crippen molar-refractivity contribution < 1.29 is 0 Å². The van der Waals surface area contributed by atoms with Crippen molar-refractivity contribution in [3.05, 3.63) is 199 Å². The first-order valence-corrected chi connectivity index (χ1v) is 22.4. The highest BCUT2D eigenvalue weighted by Crippen LogP contribution is 2.53. The second kappa shape index (κ2) is 13.4. The van der Waals surface area contributed by atoms with Gasteiger partial charge in [-0.1, -0.05) is 167 Å². The Morgan fingerprint density at radius 1 is 0.377 bits per heavy atom. The van der Waals surface area contributed by atoms with Crippen LogP contribution in [0.15, 0.2) is 188 Å². The van der Waals surface area contributed by atoms with Gasteiger partial charge in [-0.05, 0) is 131 Å². The molecule has 0 saturated heterocycles. The molecule has 2 heteroatoms. The second-order valence-electron chi connectivity index (χ2n) is 18.4. The van der Waals surface area contributed by atoms with E-state index >= 15 is 0 Å². The number of para-hydroxylation sites is 1. The topological polar surface area (TPSA) is 3.24 Å². The Morgan fingerprint density at radius 3 is 1.69 bits per heavy atom. The summed E-state index contributed by atoms with van der Waals surface area (Å²) >= 11 is 1.93. The molecule has 0 radical (unpaired) electrons. The van der Waals surface area contributed by atoms with Crippen LogP contribution in [0, 0.1) is 0 Å². The minimum absolute atomic E-state index is 0.167. The Labute approximate surface area is 361 Å². The van der Waals surface area contributed by atoms with Gasteiger partial charge in [0.05, 0.1) is 11.4 Å². The van der Waals surface area contributed by atoms with Crippen LogP contribution in [-0.4, -0.2) is 0 Å². The van der Waals surface area contributed by atoms with Gasteiger partial charge in [0.2, 0.25) is 0 Å². The average Bonchev–Trinajstić information content (AvgIpc) is 3.74. The second-order valence-corrected chi connectivity index (χ2v) is 19.5. The minimum Gasteiger partial charge on any atom is -0.309 e. The van der Waals surface area contributed by atoms with E-state index in [1.165, 1.54) is 103 Å². The predicted octanol–water partition coefficient (Wildman–Crippen LogP) is 17.4. The molecule has 292 valence electrons. The van der Waals surface area contributed by atoms with Crippen LogP contribution in [0.2, 0.25) is 0 Å². The summed E-state index contributed by atoms with van der Waals surface area (Å²) in [6.45, 7) is 9.66. The lowest BCUT2D eigenvalue weighted by Crippen LogP contribution is -2.17. The molecule has 0 N–H and O–H groups in total. The molecule has 10 aromatic carbocycles. The quantitative estimate of drug-likeness (QED) is 0.157. The van der Waals surface area contributed by atoms with Crippen LogP contribution in [-0.2, 0) is 10.8 Å². The van der Waals surface area contributed by atoms with E-state index in [0.29, 0.717) is 0 Å². The van der Waals surface area contributed by atoms with Gasteiger partial charge in [0.25, 0.3) is 0 Å². The Bertz CT molecular complexity index is 3540. The number of fused-ring (bicyclic) bond motifs is 11. The highest BCUT2D eigenvalue weighted by atomic mass is 32.1. The molecule has 12 rings (SSSR count). The lowest BCUT2D eigenvalue weighted by Gasteiger charge is -2.29. The standard InChI is InChI=1S/C59H45NS/c1-58(2)36-59(3,4)53-35-57-51(34-52(53)58)49-30-28-40(33-56(49)61-57)43-20-11-12-25-54(43)60(55-26-14-16-37-15-5-6-19-42(37)55)41-18-13-17-38(31-41)39-27-29-48-46-23-8-7-21-44(46)45-22-9-10-24-47(45)50(48)32-39/h5-35H,36H2,1-4H3. The largest absolute Gasteiger partial charge is 0.309 e. The maximum atomic E-state index is 2.52. The number of hydrogen-bond acceptors (Lipinski definition) is 2. The fourth-order valence-electron chi connectivity index (χ4n) is 11.0. The summed E-state index contributed by atoms with van der Waals surface area (Å²) in [4.78, 5) is 2.48. The van der Waals surface area contributed by atoms with Crippen molar-refractivity contribution in [1.29, 1.82) is 0 Å². The molecule has 11 aromatic rings. The minimum atomic E-state index is 0.167. The molecule has 1 heterocycles. The predicted molar refractivity (Wildman–Crippen MR) is 266 cm³/mol. The number of benzene rings is 10. The van der Waals surface area contributed by atoms with Gasteiger partial charge in [-0.15, -0.1) is 11.3 Å². The summed E-state index contributed by atoms with van der Waals surface area (Å²) in [5, 5.41) is 12.9. The maximum Gasteiger partial charge on any atom is 0.0540 e. The first-order chi connectivity index (χ1) is 29.7. The van der Waals surface area contributed by atoms with Gasteiger partial charge >= 0.3 is 0 Å². The van der Waals surface area contributed by atoms with Crippen LogP contribution in [0.4, 0.5) is 17.1 Å². The molecule has 1 aromatic heterocycles. The molecule has 0 spiro atoms. The van der Waals surface area contributed by atoms with Gasteiger partial charge in [-0.25, -0.2) is 0 Å². The van der Waals surface area contributed by atoms with Crippen molar-refractivity contribution in [2.24, 2.45) is 0 Å². The number of hydrogen-bond donors (Lipinski definition) is 0. The van der Waals surface area contributed by atoms with Crippen LogP contribution in [0.5, 0.6) is 0 Å². The third kappa shape index (κ3) is 5.66. The molecule has 0 atom stereocenters. The molecule has 0 bridgehead atoms. The van der Waals surface area contributed by atoms with E-state index in [-0.39, 0.29) is 10.8 Å². The van der Waals surface area contributed by atoms with Gasteiger partial charge in [0.15, 0.2) is 0 Å². The van der Waals surface area contributed by atoms with Crippen LogP contribution >= 0.6 is 11.3 Å². The molecular weight excluding hydrogens is 755 g/mol. The van der Waals surface area contributed by atoms with E-state index in [9.17, 15) is 0 Å². The van der Waals surface area contributed by atoms with Crippen molar-refractivity contribution in [3.63, 3.8) is 0 Å². The van der Waals surface area contributed by atoms with E-state index in [4.69, 9.17) is 0 Å². The maximum absolute atomic E-state index is 2.52. The van der Waals surface area contributed by atoms with Crippen molar-refractivity contribution in [3.8, 4) is 22.3 Å². The lowest BCUT2D eigenvalue weighted by atomic mass is 9.82. The third-order valence-corrected chi connectivity index (χ3v) is 14.7. The number of thiophene rings is 1.